The van der Waals surface area contributed by atoms with E-state index in [0.29, 0.717) is 23.8 Å². The molecule has 0 spiro atoms. The maximum atomic E-state index is 11.5. The van der Waals surface area contributed by atoms with Crippen LogP contribution in [0.5, 0.6) is 0 Å². The van der Waals surface area contributed by atoms with E-state index in [4.69, 9.17) is 12.2 Å². The van der Waals surface area contributed by atoms with Crippen molar-refractivity contribution < 1.29 is 17.9 Å². The first-order chi connectivity index (χ1) is 12.2. The Hall–Kier alpha value is -2.00. The van der Waals surface area contributed by atoms with Gasteiger partial charge in [-0.1, -0.05) is 18.6 Å². The minimum Gasteiger partial charge on any atom is -0.469 e. The molecule has 0 atom stereocenters. The van der Waals surface area contributed by atoms with Crippen LogP contribution in [-0.4, -0.2) is 45.1 Å². The lowest BCUT2D eigenvalue weighted by Gasteiger charge is -2.08. The van der Waals surface area contributed by atoms with Crippen molar-refractivity contribution >= 4 is 38.8 Å². The maximum Gasteiger partial charge on any atom is 0.305 e. The Morgan fingerprint density at radius 3 is 2.42 bits per heavy atom. The van der Waals surface area contributed by atoms with Gasteiger partial charge in [0, 0.05) is 19.2 Å². The molecule has 1 aromatic carbocycles. The Balaban J connectivity index is 2.35. The van der Waals surface area contributed by atoms with Crippen LogP contribution in [0.25, 0.3) is 0 Å². The number of methoxy groups -OCH3 is 1. The second-order valence-electron chi connectivity index (χ2n) is 5.75. The first-order valence-electron chi connectivity index (χ1n) is 8.19. The minimum atomic E-state index is -3.21. The van der Waals surface area contributed by atoms with Crippen LogP contribution in [0.2, 0.25) is 0 Å². The molecule has 0 aliphatic carbocycles. The average molecular weight is 400 g/mol. The highest BCUT2D eigenvalue weighted by Crippen LogP contribution is 2.10. The molecule has 2 N–H and O–H groups in total. The molecule has 0 fully saturated rings. The van der Waals surface area contributed by atoms with Crippen molar-refractivity contribution in [1.29, 1.82) is 0 Å². The van der Waals surface area contributed by atoms with Crippen molar-refractivity contribution in [1.82, 2.24) is 10.7 Å². The second-order valence-corrected chi connectivity index (χ2v) is 8.17. The third-order valence-electron chi connectivity index (χ3n) is 3.60. The quantitative estimate of drug-likeness (QED) is 0.216. The molecule has 0 amide bonds. The number of carbonyl (C=O) groups excluding carboxylic acids is 1. The van der Waals surface area contributed by atoms with Gasteiger partial charge in [0.25, 0.3) is 0 Å². The molecule has 0 aliphatic heterocycles. The number of nitrogens with one attached hydrogen (secondary N) is 2. The van der Waals surface area contributed by atoms with Gasteiger partial charge < -0.3 is 10.1 Å². The lowest BCUT2D eigenvalue weighted by Crippen LogP contribution is -2.33. The van der Waals surface area contributed by atoms with Gasteiger partial charge in [-0.25, -0.2) is 8.42 Å². The number of nitrogens with zero attached hydrogens (tertiary/aromatic N) is 1. The molecule has 0 heterocycles. The van der Waals surface area contributed by atoms with Crippen molar-refractivity contribution in [2.45, 2.75) is 37.5 Å². The highest BCUT2D eigenvalue weighted by Gasteiger charge is 2.07. The number of sulfone groups is 1. The van der Waals surface area contributed by atoms with E-state index in [-0.39, 0.29) is 10.9 Å². The summed E-state index contributed by atoms with van der Waals surface area (Å²) in [5.41, 5.74) is 4.25. The van der Waals surface area contributed by atoms with Gasteiger partial charge in [0.2, 0.25) is 0 Å². The number of benzene rings is 1. The molecule has 0 unspecified atom stereocenters. The molecule has 26 heavy (non-hydrogen) atoms. The molecular weight excluding hydrogens is 374 g/mol. The monoisotopic (exact) mass is 399 g/mol. The Labute approximate surface area is 160 Å². The number of hydrogen-bond donors (Lipinski definition) is 2. The highest BCUT2D eigenvalue weighted by atomic mass is 32.2. The topological polar surface area (TPSA) is 96.9 Å². The van der Waals surface area contributed by atoms with Crippen LogP contribution in [0.1, 0.15) is 38.2 Å². The van der Waals surface area contributed by atoms with Crippen LogP contribution in [0.15, 0.2) is 34.3 Å². The fourth-order valence-electron chi connectivity index (χ4n) is 2.06. The summed E-state index contributed by atoms with van der Waals surface area (Å²) in [6.07, 6.45) is 4.17. The van der Waals surface area contributed by atoms with Gasteiger partial charge in [0.05, 0.1) is 17.7 Å². The van der Waals surface area contributed by atoms with Crippen molar-refractivity contribution in [3.63, 3.8) is 0 Å². The summed E-state index contributed by atoms with van der Waals surface area (Å²) < 4.78 is 27.5. The summed E-state index contributed by atoms with van der Waals surface area (Å²) in [6, 6.07) is 6.51. The van der Waals surface area contributed by atoms with E-state index in [9.17, 15) is 13.2 Å². The molecule has 0 bridgehead atoms. The predicted molar refractivity (Wildman–Crippen MR) is 106 cm³/mol. The molecule has 1 aromatic rings. The van der Waals surface area contributed by atoms with E-state index >= 15 is 0 Å². The van der Waals surface area contributed by atoms with E-state index in [2.05, 4.69) is 20.6 Å². The van der Waals surface area contributed by atoms with Gasteiger partial charge in [-0.3, -0.25) is 10.2 Å². The number of hydrogen-bond acceptors (Lipinski definition) is 6. The molecule has 7 nitrogen and oxygen atoms in total. The van der Waals surface area contributed by atoms with Crippen LogP contribution < -0.4 is 10.7 Å². The van der Waals surface area contributed by atoms with Gasteiger partial charge >= 0.3 is 5.97 Å². The largest absolute Gasteiger partial charge is 0.469 e. The first kappa shape index (κ1) is 22.0. The lowest BCUT2D eigenvalue weighted by molar-refractivity contribution is -0.140. The Kier molecular flexibility index (Phi) is 9.22. The average Bonchev–Trinajstić information content (AvgIpc) is 2.61. The van der Waals surface area contributed by atoms with Gasteiger partial charge in [0.15, 0.2) is 14.9 Å². The van der Waals surface area contributed by atoms with E-state index in [1.54, 1.807) is 31.2 Å². The second kappa shape index (κ2) is 10.9. The predicted octanol–water partition coefficient (Wildman–Crippen LogP) is 2.01. The fourth-order valence-corrected chi connectivity index (χ4v) is 2.84. The minimum absolute atomic E-state index is 0.190. The Morgan fingerprint density at radius 2 is 1.85 bits per heavy atom. The Bertz CT molecular complexity index is 744. The number of carbonyl (C=O) groups is 1. The summed E-state index contributed by atoms with van der Waals surface area (Å²) in [5, 5.41) is 7.63. The van der Waals surface area contributed by atoms with Crippen molar-refractivity contribution in [2.24, 2.45) is 5.10 Å². The third-order valence-corrected chi connectivity index (χ3v) is 4.96. The smallest absolute Gasteiger partial charge is 0.305 e. The van der Waals surface area contributed by atoms with Crippen LogP contribution in [0.4, 0.5) is 0 Å². The van der Waals surface area contributed by atoms with Gasteiger partial charge in [-0.05, 0) is 49.7 Å². The van der Waals surface area contributed by atoms with Crippen molar-refractivity contribution in [2.75, 3.05) is 19.9 Å². The summed E-state index contributed by atoms with van der Waals surface area (Å²) in [5.74, 6) is -0.190. The number of hydrazone groups is 1. The summed E-state index contributed by atoms with van der Waals surface area (Å²) in [7, 11) is -1.82. The summed E-state index contributed by atoms with van der Waals surface area (Å²) >= 11 is 5.15. The molecule has 0 saturated heterocycles. The molecule has 0 aliphatic rings. The number of thiocarbonyl (C=S) groups is 1. The van der Waals surface area contributed by atoms with Gasteiger partial charge in [-0.2, -0.15) is 5.10 Å². The Morgan fingerprint density at radius 1 is 1.19 bits per heavy atom. The standard InChI is InChI=1S/C17H25N3O4S2/c1-13(14-8-10-15(11-9-14)26(3,22)23)19-20-17(25)18-12-6-4-5-7-16(21)24-2/h8-11H,4-7,12H2,1-3H3,(H2,18,20,25)/b19-13-. The van der Waals surface area contributed by atoms with E-state index in [1.807, 2.05) is 0 Å². The molecule has 0 radical (unpaired) electrons. The van der Waals surface area contributed by atoms with Crippen LogP contribution in [-0.2, 0) is 19.4 Å². The molecule has 0 aromatic heterocycles. The normalized spacial score (nSPS) is 11.7. The zero-order valence-electron chi connectivity index (χ0n) is 15.2. The molecule has 1 rings (SSSR count). The zero-order chi connectivity index (χ0) is 19.6. The van der Waals surface area contributed by atoms with Gasteiger partial charge in [-0.15, -0.1) is 0 Å². The highest BCUT2D eigenvalue weighted by molar-refractivity contribution is 7.90. The van der Waals surface area contributed by atoms with Crippen LogP contribution in [0.3, 0.4) is 0 Å². The lowest BCUT2D eigenvalue weighted by atomic mass is 10.1. The van der Waals surface area contributed by atoms with E-state index in [0.717, 1.165) is 24.8 Å². The van der Waals surface area contributed by atoms with Crippen LogP contribution in [0, 0.1) is 0 Å². The fraction of sp³-hybridized carbons (Fsp3) is 0.471. The SMILES string of the molecule is COC(=O)CCCCCNC(=S)N/N=C(/C)c1ccc(S(C)(=O)=O)cc1. The zero-order valence-corrected chi connectivity index (χ0v) is 16.9. The molecule has 9 heteroatoms. The van der Waals surface area contributed by atoms with E-state index < -0.39 is 9.84 Å². The molecule has 144 valence electrons. The first-order valence-corrected chi connectivity index (χ1v) is 10.5. The number of unbranched alkanes of at least 4 members (excludes halogenated alkanes) is 2. The third kappa shape index (κ3) is 8.39. The van der Waals surface area contributed by atoms with E-state index in [1.165, 1.54) is 13.4 Å². The number of esters is 1. The number of ether oxygens (including phenoxy) is 1. The van der Waals surface area contributed by atoms with Crippen molar-refractivity contribution in [3.05, 3.63) is 29.8 Å². The summed E-state index contributed by atoms with van der Waals surface area (Å²) in [4.78, 5) is 11.2. The molecular formula is C17H25N3O4S2. The van der Waals surface area contributed by atoms with Crippen molar-refractivity contribution in [3.8, 4) is 0 Å². The molecule has 0 saturated carbocycles. The summed E-state index contributed by atoms with van der Waals surface area (Å²) in [6.45, 7) is 2.49. The number of rotatable bonds is 9. The maximum absolute atomic E-state index is 11.5. The van der Waals surface area contributed by atoms with Gasteiger partial charge in [0.1, 0.15) is 0 Å². The van der Waals surface area contributed by atoms with Crippen LogP contribution >= 0.6 is 12.2 Å².